The van der Waals surface area contributed by atoms with Crippen LogP contribution in [-0.4, -0.2) is 85.9 Å². The van der Waals surface area contributed by atoms with Gasteiger partial charge in [0.15, 0.2) is 6.10 Å². The number of carbonyl (C=O) groups is 3. The van der Waals surface area contributed by atoms with Crippen LogP contribution < -0.4 is 10.6 Å². The van der Waals surface area contributed by atoms with E-state index >= 15 is 0 Å². The Balaban J connectivity index is 1.50. The Labute approximate surface area is 233 Å². The highest BCUT2D eigenvalue weighted by molar-refractivity contribution is 8.00. The molecule has 4 rings (SSSR count). The summed E-state index contributed by atoms with van der Waals surface area (Å²) in [6.07, 6.45) is -1.44. The molecule has 0 aromatic heterocycles. The van der Waals surface area contributed by atoms with E-state index in [9.17, 15) is 24.6 Å². The highest BCUT2D eigenvalue weighted by Crippen LogP contribution is 2.40. The van der Waals surface area contributed by atoms with Gasteiger partial charge in [0, 0.05) is 24.4 Å². The highest BCUT2D eigenvalue weighted by Gasteiger charge is 2.49. The lowest BCUT2D eigenvalue weighted by molar-refractivity contribution is -0.147. The average molecular weight is 555 g/mol. The number of aliphatic hydroxyl groups excluding tert-OH is 2. The Morgan fingerprint density at radius 3 is 2.46 bits per heavy atom. The molecular weight excluding hydrogens is 516 g/mol. The van der Waals surface area contributed by atoms with Crippen molar-refractivity contribution in [3.8, 4) is 0 Å². The van der Waals surface area contributed by atoms with Gasteiger partial charge in [0.05, 0.1) is 18.0 Å². The number of urea groups is 1. The van der Waals surface area contributed by atoms with Crippen LogP contribution in [0.5, 0.6) is 0 Å². The topological polar surface area (TPSA) is 122 Å². The Hall–Kier alpha value is -3.08. The smallest absolute Gasteiger partial charge is 0.317 e. The molecule has 2 fully saturated rings. The number of likely N-dealkylation sites (tertiary alicyclic amines) is 1. The summed E-state index contributed by atoms with van der Waals surface area (Å²) in [5.74, 6) is -0.648. The minimum absolute atomic E-state index is 0.202. The van der Waals surface area contributed by atoms with Crippen molar-refractivity contribution in [2.75, 3.05) is 19.0 Å². The third-order valence-corrected chi connectivity index (χ3v) is 8.86. The number of benzene rings is 2. The molecule has 0 saturated carbocycles. The second-order valence-corrected chi connectivity index (χ2v) is 12.4. The van der Waals surface area contributed by atoms with E-state index in [0.29, 0.717) is 19.5 Å². The maximum atomic E-state index is 13.7. The molecule has 10 heteroatoms. The van der Waals surface area contributed by atoms with Crippen LogP contribution in [0.25, 0.3) is 0 Å². The van der Waals surface area contributed by atoms with E-state index in [4.69, 9.17) is 0 Å². The fraction of sp³-hybridized carbons (Fsp3) is 0.483. The number of amides is 4. The van der Waals surface area contributed by atoms with Gasteiger partial charge in [0.2, 0.25) is 5.91 Å². The van der Waals surface area contributed by atoms with E-state index in [0.717, 1.165) is 16.7 Å². The third-order valence-electron chi connectivity index (χ3n) is 7.48. The van der Waals surface area contributed by atoms with E-state index < -0.39 is 41.0 Å². The summed E-state index contributed by atoms with van der Waals surface area (Å²) in [5, 5.41) is 27.0. The standard InChI is InChI=1S/C29H38N4O5S/c1-19-9-7-8-12-21(19)16-30-26(36)25-29(2,3)39-18-33(25)27(37)24(35)23(15-20-10-5-4-6-11-20)31-28(38)32-14-13-22(34)17-32/h4-12,22-25,34-35H,13-18H2,1-3H3,(H,30,36)(H,31,38)/t22-,23+,24+,25+/m1/s1. The van der Waals surface area contributed by atoms with Crippen molar-refractivity contribution in [3.05, 3.63) is 71.3 Å². The zero-order chi connectivity index (χ0) is 28.2. The van der Waals surface area contributed by atoms with Crippen LogP contribution in [0.15, 0.2) is 54.6 Å². The summed E-state index contributed by atoms with van der Waals surface area (Å²) in [6, 6.07) is 14.9. The molecule has 2 aromatic carbocycles. The number of β-amino-alcohol motifs (C(OH)–C–C–N with tert-alkyl or cyclic N) is 1. The van der Waals surface area contributed by atoms with Gasteiger partial charge in [-0.15, -0.1) is 11.8 Å². The quantitative estimate of drug-likeness (QED) is 0.396. The SMILES string of the molecule is Cc1ccccc1CNC(=O)[C@@H]1N(C(=O)[C@@H](O)[C@H](Cc2ccccc2)NC(=O)N2CC[C@@H](O)C2)CSC1(C)C. The number of thioether (sulfide) groups is 1. The Morgan fingerprint density at radius 2 is 1.79 bits per heavy atom. The minimum Gasteiger partial charge on any atom is -0.391 e. The number of nitrogens with one attached hydrogen (secondary N) is 2. The monoisotopic (exact) mass is 554 g/mol. The van der Waals surface area contributed by atoms with Crippen molar-refractivity contribution < 1.29 is 24.6 Å². The third kappa shape index (κ3) is 6.93. The highest BCUT2D eigenvalue weighted by atomic mass is 32.2. The van der Waals surface area contributed by atoms with Gasteiger partial charge in [0.25, 0.3) is 5.91 Å². The van der Waals surface area contributed by atoms with Crippen molar-refractivity contribution >= 4 is 29.6 Å². The molecule has 0 radical (unpaired) electrons. The predicted molar refractivity (Wildman–Crippen MR) is 151 cm³/mol. The summed E-state index contributed by atoms with van der Waals surface area (Å²) in [5.41, 5.74) is 2.90. The van der Waals surface area contributed by atoms with E-state index in [1.807, 2.05) is 75.4 Å². The van der Waals surface area contributed by atoms with Crippen molar-refractivity contribution in [2.45, 2.75) is 69.2 Å². The molecule has 4 amide bonds. The molecule has 0 spiro atoms. The lowest BCUT2D eigenvalue weighted by atomic mass is 9.97. The number of aliphatic hydroxyl groups is 2. The molecule has 210 valence electrons. The maximum Gasteiger partial charge on any atom is 0.317 e. The number of nitrogens with zero attached hydrogens (tertiary/aromatic N) is 2. The lowest BCUT2D eigenvalue weighted by Gasteiger charge is -2.33. The van der Waals surface area contributed by atoms with Gasteiger partial charge in [0.1, 0.15) is 6.04 Å². The molecular formula is C29H38N4O5S. The first-order valence-corrected chi connectivity index (χ1v) is 14.3. The first-order valence-electron chi connectivity index (χ1n) is 13.3. The van der Waals surface area contributed by atoms with Gasteiger partial charge in [-0.25, -0.2) is 4.79 Å². The van der Waals surface area contributed by atoms with Crippen molar-refractivity contribution in [1.29, 1.82) is 0 Å². The Morgan fingerprint density at radius 1 is 1.10 bits per heavy atom. The molecule has 9 nitrogen and oxygen atoms in total. The van der Waals surface area contributed by atoms with Gasteiger partial charge in [-0.05, 0) is 50.3 Å². The van der Waals surface area contributed by atoms with Crippen LogP contribution in [-0.2, 0) is 22.6 Å². The molecule has 4 atom stereocenters. The molecule has 0 bridgehead atoms. The predicted octanol–water partition coefficient (Wildman–Crippen LogP) is 2.04. The van der Waals surface area contributed by atoms with E-state index in [2.05, 4.69) is 10.6 Å². The van der Waals surface area contributed by atoms with Crippen LogP contribution in [0.1, 0.15) is 37.0 Å². The zero-order valence-electron chi connectivity index (χ0n) is 22.7. The van der Waals surface area contributed by atoms with E-state index in [1.165, 1.54) is 21.6 Å². The van der Waals surface area contributed by atoms with E-state index in [1.54, 1.807) is 0 Å². The molecule has 39 heavy (non-hydrogen) atoms. The van der Waals surface area contributed by atoms with Gasteiger partial charge in [-0.3, -0.25) is 9.59 Å². The minimum atomic E-state index is -1.57. The summed E-state index contributed by atoms with van der Waals surface area (Å²) in [7, 11) is 0. The summed E-state index contributed by atoms with van der Waals surface area (Å²) >= 11 is 1.47. The molecule has 0 unspecified atom stereocenters. The number of hydrogen-bond acceptors (Lipinski definition) is 6. The zero-order valence-corrected chi connectivity index (χ0v) is 23.5. The second-order valence-electron chi connectivity index (χ2n) is 10.8. The summed E-state index contributed by atoms with van der Waals surface area (Å²) in [6.45, 7) is 6.74. The van der Waals surface area contributed by atoms with Crippen LogP contribution in [0.2, 0.25) is 0 Å². The summed E-state index contributed by atoms with van der Waals surface area (Å²) in [4.78, 5) is 43.0. The first kappa shape index (κ1) is 28.9. The first-order chi connectivity index (χ1) is 18.6. The van der Waals surface area contributed by atoms with Crippen LogP contribution in [0.4, 0.5) is 4.79 Å². The number of carbonyl (C=O) groups excluding carboxylic acids is 3. The van der Waals surface area contributed by atoms with Gasteiger partial charge < -0.3 is 30.6 Å². The Bertz CT molecular complexity index is 1180. The Kier molecular flexibility index (Phi) is 9.19. The van der Waals surface area contributed by atoms with Crippen molar-refractivity contribution in [3.63, 3.8) is 0 Å². The maximum absolute atomic E-state index is 13.7. The fourth-order valence-corrected chi connectivity index (χ4v) is 6.27. The molecule has 4 N–H and O–H groups in total. The fourth-order valence-electron chi connectivity index (χ4n) is 5.13. The molecule has 2 aliphatic rings. The number of rotatable bonds is 8. The lowest BCUT2D eigenvalue weighted by Crippen LogP contribution is -2.59. The van der Waals surface area contributed by atoms with Crippen LogP contribution in [0.3, 0.4) is 0 Å². The largest absolute Gasteiger partial charge is 0.391 e. The molecule has 2 aliphatic heterocycles. The van der Waals surface area contributed by atoms with Crippen molar-refractivity contribution in [1.82, 2.24) is 20.4 Å². The van der Waals surface area contributed by atoms with Gasteiger partial charge in [-0.2, -0.15) is 0 Å². The van der Waals surface area contributed by atoms with Crippen molar-refractivity contribution in [2.24, 2.45) is 0 Å². The second kappa shape index (κ2) is 12.4. The number of hydrogen-bond donors (Lipinski definition) is 4. The van der Waals surface area contributed by atoms with Crippen LogP contribution >= 0.6 is 11.8 Å². The average Bonchev–Trinajstić information content (AvgIpc) is 3.49. The summed E-state index contributed by atoms with van der Waals surface area (Å²) < 4.78 is -0.574. The molecule has 2 aromatic rings. The molecule has 0 aliphatic carbocycles. The van der Waals surface area contributed by atoms with Gasteiger partial charge >= 0.3 is 6.03 Å². The number of aryl methyl sites for hydroxylation is 1. The molecule has 2 heterocycles. The van der Waals surface area contributed by atoms with Gasteiger partial charge in [-0.1, -0.05) is 54.6 Å². The normalized spacial score (nSPS) is 21.9. The molecule has 2 saturated heterocycles. The van der Waals surface area contributed by atoms with E-state index in [-0.39, 0.29) is 24.7 Å². The van der Waals surface area contributed by atoms with Crippen LogP contribution in [0, 0.1) is 6.92 Å².